The summed E-state index contributed by atoms with van der Waals surface area (Å²) in [6, 6.07) is 0. The van der Waals surface area contributed by atoms with Gasteiger partial charge in [-0.3, -0.25) is 4.79 Å². The fourth-order valence-corrected chi connectivity index (χ4v) is 8.15. The van der Waals surface area contributed by atoms with Gasteiger partial charge in [-0.1, -0.05) is 13.3 Å². The Balaban J connectivity index is 1.72. The lowest BCUT2D eigenvalue weighted by Gasteiger charge is -2.69. The predicted octanol–water partition coefficient (Wildman–Crippen LogP) is 3.72. The molecular weight excluding hydrogens is 316 g/mol. The lowest BCUT2D eigenvalue weighted by molar-refractivity contribution is -0.249. The number of carboxylic acids is 1. The molecule has 142 valence electrons. The van der Waals surface area contributed by atoms with Crippen molar-refractivity contribution >= 4 is 5.97 Å². The summed E-state index contributed by atoms with van der Waals surface area (Å²) in [6.45, 7) is 5.01. The van der Waals surface area contributed by atoms with Crippen LogP contribution in [0.3, 0.4) is 0 Å². The third-order valence-electron chi connectivity index (χ3n) is 9.33. The second-order valence-electron chi connectivity index (χ2n) is 10.1. The van der Waals surface area contributed by atoms with Crippen molar-refractivity contribution in [1.82, 2.24) is 0 Å². The third-order valence-corrected chi connectivity index (χ3v) is 9.33. The summed E-state index contributed by atoms with van der Waals surface area (Å²) < 4.78 is 5.44. The van der Waals surface area contributed by atoms with Crippen LogP contribution in [0.4, 0.5) is 0 Å². The SMILES string of the molecule is COC[C@H]1[C@H]2CC[C@@]3(CC[C@H]4[C@@](C)(CCC[C@@]4(C)C(=O)O)[C@@H]3C2)[C@@H]1O. The molecule has 0 amide bonds. The number of aliphatic hydroxyl groups excluding tert-OH is 1. The summed E-state index contributed by atoms with van der Waals surface area (Å²) in [5.74, 6) is 0.909. The Kier molecular flexibility index (Phi) is 4.05. The van der Waals surface area contributed by atoms with Crippen molar-refractivity contribution in [3.05, 3.63) is 0 Å². The highest BCUT2D eigenvalue weighted by Gasteiger charge is 2.68. The van der Waals surface area contributed by atoms with Crippen LogP contribution >= 0.6 is 0 Å². The summed E-state index contributed by atoms with van der Waals surface area (Å²) in [7, 11) is 1.74. The molecule has 25 heavy (non-hydrogen) atoms. The molecule has 5 fully saturated rings. The summed E-state index contributed by atoms with van der Waals surface area (Å²) in [5.41, 5.74) is -0.538. The number of fused-ring (bicyclic) bond motifs is 3. The Bertz CT molecular complexity index is 562. The van der Waals surface area contributed by atoms with Crippen molar-refractivity contribution in [2.24, 2.45) is 39.9 Å². The van der Waals surface area contributed by atoms with Crippen molar-refractivity contribution in [2.45, 2.75) is 71.3 Å². The van der Waals surface area contributed by atoms with Crippen molar-refractivity contribution in [1.29, 1.82) is 0 Å². The van der Waals surface area contributed by atoms with E-state index < -0.39 is 11.4 Å². The van der Waals surface area contributed by atoms with E-state index in [-0.39, 0.29) is 28.8 Å². The summed E-state index contributed by atoms with van der Waals surface area (Å²) >= 11 is 0. The van der Waals surface area contributed by atoms with Gasteiger partial charge in [0.1, 0.15) is 0 Å². The molecule has 0 aromatic heterocycles. The molecule has 0 heterocycles. The standard InChI is InChI=1S/C21H34O4/c1-19-7-4-8-20(2,18(23)24)15(19)6-10-21-9-5-13(11-16(19)21)14(12-25-3)17(21)22/h13-17,22H,4-12H2,1-3H3,(H,23,24)/t13-,14-,15-,16-,17+,19+,20+,21-/m0/s1. The number of hydrogen-bond acceptors (Lipinski definition) is 3. The first kappa shape index (κ1) is 17.8. The third kappa shape index (κ3) is 2.16. The van der Waals surface area contributed by atoms with Gasteiger partial charge >= 0.3 is 5.97 Å². The molecule has 5 rings (SSSR count). The molecule has 0 aliphatic heterocycles. The van der Waals surface area contributed by atoms with Gasteiger partial charge < -0.3 is 14.9 Å². The largest absolute Gasteiger partial charge is 0.481 e. The molecule has 8 atom stereocenters. The van der Waals surface area contributed by atoms with Crippen LogP contribution in [0.15, 0.2) is 0 Å². The van der Waals surface area contributed by atoms with E-state index in [1.54, 1.807) is 7.11 Å². The molecule has 4 nitrogen and oxygen atoms in total. The van der Waals surface area contributed by atoms with Gasteiger partial charge in [0.05, 0.1) is 18.1 Å². The lowest BCUT2D eigenvalue weighted by Crippen LogP contribution is -2.67. The highest BCUT2D eigenvalue weighted by Crippen LogP contribution is 2.72. The molecule has 0 radical (unpaired) electrons. The van der Waals surface area contributed by atoms with Crippen LogP contribution in [-0.4, -0.2) is 36.0 Å². The van der Waals surface area contributed by atoms with E-state index in [2.05, 4.69) is 6.92 Å². The number of carboxylic acid groups (broad SMARTS) is 1. The fourth-order valence-electron chi connectivity index (χ4n) is 8.15. The lowest BCUT2D eigenvalue weighted by atomic mass is 9.35. The zero-order chi connectivity index (χ0) is 18.0. The zero-order valence-corrected chi connectivity index (χ0v) is 16.0. The Morgan fingerprint density at radius 1 is 1.12 bits per heavy atom. The van der Waals surface area contributed by atoms with Gasteiger partial charge in [0.15, 0.2) is 0 Å². The summed E-state index contributed by atoms with van der Waals surface area (Å²) in [6.07, 6.45) is 8.10. The van der Waals surface area contributed by atoms with Crippen molar-refractivity contribution < 1.29 is 19.7 Å². The first-order valence-corrected chi connectivity index (χ1v) is 10.2. The number of carbonyl (C=O) groups is 1. The van der Waals surface area contributed by atoms with E-state index in [1.807, 2.05) is 6.92 Å². The minimum absolute atomic E-state index is 0.0000496. The van der Waals surface area contributed by atoms with Crippen LogP contribution in [0.2, 0.25) is 0 Å². The monoisotopic (exact) mass is 350 g/mol. The molecule has 0 saturated heterocycles. The predicted molar refractivity (Wildman–Crippen MR) is 95.1 cm³/mol. The highest BCUT2D eigenvalue weighted by molar-refractivity contribution is 5.75. The van der Waals surface area contributed by atoms with Gasteiger partial charge in [-0.15, -0.1) is 0 Å². The van der Waals surface area contributed by atoms with Gasteiger partial charge in [-0.2, -0.15) is 0 Å². The molecule has 5 aliphatic carbocycles. The molecule has 0 aromatic rings. The van der Waals surface area contributed by atoms with E-state index >= 15 is 0 Å². The van der Waals surface area contributed by atoms with Crippen molar-refractivity contribution in [2.75, 3.05) is 13.7 Å². The zero-order valence-electron chi connectivity index (χ0n) is 16.0. The minimum atomic E-state index is -0.613. The van der Waals surface area contributed by atoms with Gasteiger partial charge in [-0.25, -0.2) is 0 Å². The maximum absolute atomic E-state index is 12.1. The van der Waals surface area contributed by atoms with Gasteiger partial charge in [0.2, 0.25) is 0 Å². The van der Waals surface area contributed by atoms with Crippen LogP contribution in [0.25, 0.3) is 0 Å². The number of methoxy groups -OCH3 is 1. The molecule has 1 spiro atoms. The second-order valence-corrected chi connectivity index (χ2v) is 10.1. The van der Waals surface area contributed by atoms with Gasteiger partial charge in [-0.05, 0) is 75.0 Å². The van der Waals surface area contributed by atoms with E-state index in [4.69, 9.17) is 4.74 Å². The average molecular weight is 350 g/mol. The molecule has 5 saturated carbocycles. The molecule has 2 bridgehead atoms. The quantitative estimate of drug-likeness (QED) is 0.814. The smallest absolute Gasteiger partial charge is 0.309 e. The van der Waals surface area contributed by atoms with Crippen LogP contribution in [0.1, 0.15) is 65.2 Å². The first-order valence-electron chi connectivity index (χ1n) is 10.2. The van der Waals surface area contributed by atoms with Gasteiger partial charge in [0.25, 0.3) is 0 Å². The van der Waals surface area contributed by atoms with E-state index in [0.29, 0.717) is 18.4 Å². The van der Waals surface area contributed by atoms with Crippen molar-refractivity contribution in [3.8, 4) is 0 Å². The van der Waals surface area contributed by atoms with Crippen LogP contribution in [0, 0.1) is 39.9 Å². The van der Waals surface area contributed by atoms with Crippen LogP contribution in [0.5, 0.6) is 0 Å². The van der Waals surface area contributed by atoms with Crippen molar-refractivity contribution in [3.63, 3.8) is 0 Å². The minimum Gasteiger partial charge on any atom is -0.481 e. The molecule has 4 heteroatoms. The number of hydrogen-bond donors (Lipinski definition) is 2. The highest BCUT2D eigenvalue weighted by atomic mass is 16.5. The molecule has 0 aromatic carbocycles. The van der Waals surface area contributed by atoms with E-state index in [9.17, 15) is 15.0 Å². The molecular formula is C21H34O4. The van der Waals surface area contributed by atoms with Gasteiger partial charge in [0, 0.05) is 18.4 Å². The van der Waals surface area contributed by atoms with Crippen LogP contribution in [-0.2, 0) is 9.53 Å². The molecule has 5 aliphatic rings. The number of ether oxygens (including phenoxy) is 1. The Morgan fingerprint density at radius 3 is 2.52 bits per heavy atom. The molecule has 0 unspecified atom stereocenters. The Morgan fingerprint density at radius 2 is 1.84 bits per heavy atom. The molecule has 2 N–H and O–H groups in total. The number of rotatable bonds is 3. The van der Waals surface area contributed by atoms with Crippen LogP contribution < -0.4 is 0 Å². The summed E-state index contributed by atoms with van der Waals surface area (Å²) in [4.78, 5) is 12.1. The maximum Gasteiger partial charge on any atom is 0.309 e. The van der Waals surface area contributed by atoms with E-state index in [0.717, 1.165) is 44.9 Å². The summed E-state index contributed by atoms with van der Waals surface area (Å²) in [5, 5.41) is 21.3. The Labute approximate surface area is 151 Å². The number of aliphatic carboxylic acids is 1. The second kappa shape index (κ2) is 5.69. The maximum atomic E-state index is 12.1. The first-order chi connectivity index (χ1) is 11.8. The normalized spacial score (nSPS) is 54.6. The number of aliphatic hydroxyl groups is 1. The fraction of sp³-hybridized carbons (Fsp3) is 0.952. The Hall–Kier alpha value is -0.610. The topological polar surface area (TPSA) is 66.8 Å². The average Bonchev–Trinajstić information content (AvgIpc) is 2.57. The van der Waals surface area contributed by atoms with E-state index in [1.165, 1.54) is 6.42 Å².